The van der Waals surface area contributed by atoms with E-state index in [1.165, 1.54) is 0 Å². The number of nitrogens with zero attached hydrogens (tertiary/aromatic N) is 3. The molecule has 3 aromatic carbocycles. The van der Waals surface area contributed by atoms with Crippen LogP contribution < -0.4 is 20.3 Å². The first-order valence-corrected chi connectivity index (χ1v) is 16.7. The molecule has 0 spiro atoms. The smallest absolute Gasteiger partial charge is 0.225 e. The summed E-state index contributed by atoms with van der Waals surface area (Å²) in [6.07, 6.45) is 4.89. The Labute approximate surface area is 270 Å². The number of thioether (sulfide) groups is 1. The minimum absolute atomic E-state index is 0.101. The van der Waals surface area contributed by atoms with Crippen LogP contribution in [0.1, 0.15) is 49.4 Å². The standard InChI is InChI=1S/C35H42ClN5O2S/c1-4-43-28-17-11-25(12-18-28)33(42)21-30(44-29-19-13-26(36)14-20-29)23-37-22-24-9-15-27(16-10-24)38-35-39-32-8-6-5-7-31(32)34(40-35)41(2)3/h5-8,11-14,17-20,24,27,30,37H,4,9-10,15-16,21-23H2,1-3H3,(H,38,39,40). The first kappa shape index (κ1) is 32.1. The van der Waals surface area contributed by atoms with Crippen LogP contribution >= 0.6 is 23.4 Å². The van der Waals surface area contributed by atoms with Crippen LogP contribution in [0.5, 0.6) is 5.75 Å². The van der Waals surface area contributed by atoms with Crippen LogP contribution in [-0.4, -0.2) is 60.8 Å². The molecule has 1 aromatic heterocycles. The van der Waals surface area contributed by atoms with Crippen molar-refractivity contribution in [3.8, 4) is 5.75 Å². The van der Waals surface area contributed by atoms with Crippen molar-refractivity contribution in [1.82, 2.24) is 15.3 Å². The summed E-state index contributed by atoms with van der Waals surface area (Å²) in [5.41, 5.74) is 1.67. The van der Waals surface area contributed by atoms with Crippen molar-refractivity contribution in [3.05, 3.63) is 83.4 Å². The van der Waals surface area contributed by atoms with E-state index in [2.05, 4.69) is 16.7 Å². The second kappa shape index (κ2) is 15.6. The Balaban J connectivity index is 1.13. The molecule has 1 fully saturated rings. The van der Waals surface area contributed by atoms with Gasteiger partial charge in [-0.25, -0.2) is 4.98 Å². The van der Waals surface area contributed by atoms with E-state index in [0.717, 1.165) is 66.1 Å². The summed E-state index contributed by atoms with van der Waals surface area (Å²) in [6, 6.07) is 23.8. The van der Waals surface area contributed by atoms with E-state index in [1.54, 1.807) is 11.8 Å². The number of benzene rings is 3. The van der Waals surface area contributed by atoms with Gasteiger partial charge in [-0.3, -0.25) is 4.79 Å². The van der Waals surface area contributed by atoms with Gasteiger partial charge in [0.05, 0.1) is 12.1 Å². The molecule has 1 aliphatic carbocycles. The van der Waals surface area contributed by atoms with Crippen molar-refractivity contribution in [2.24, 2.45) is 5.92 Å². The molecule has 0 amide bonds. The van der Waals surface area contributed by atoms with Crippen LogP contribution in [0.2, 0.25) is 5.02 Å². The molecule has 232 valence electrons. The molecule has 0 radical (unpaired) electrons. The van der Waals surface area contributed by atoms with Crippen molar-refractivity contribution < 1.29 is 9.53 Å². The Hall–Kier alpha value is -3.33. The summed E-state index contributed by atoms with van der Waals surface area (Å²) >= 11 is 7.85. The Morgan fingerprint density at radius 1 is 1.00 bits per heavy atom. The van der Waals surface area contributed by atoms with Gasteiger partial charge < -0.3 is 20.3 Å². The zero-order valence-electron chi connectivity index (χ0n) is 25.8. The predicted octanol–water partition coefficient (Wildman–Crippen LogP) is 7.74. The second-order valence-corrected chi connectivity index (χ2v) is 13.4. The van der Waals surface area contributed by atoms with Gasteiger partial charge in [0.1, 0.15) is 11.6 Å². The fourth-order valence-electron chi connectivity index (χ4n) is 5.70. The number of nitrogens with one attached hydrogen (secondary N) is 2. The van der Waals surface area contributed by atoms with Gasteiger partial charge in [0.25, 0.3) is 0 Å². The zero-order valence-corrected chi connectivity index (χ0v) is 27.3. The summed E-state index contributed by atoms with van der Waals surface area (Å²) in [6.45, 7) is 4.26. The molecule has 7 nitrogen and oxygen atoms in total. The van der Waals surface area contributed by atoms with Crippen LogP contribution in [0.4, 0.5) is 11.8 Å². The highest BCUT2D eigenvalue weighted by atomic mass is 35.5. The zero-order chi connectivity index (χ0) is 30.9. The van der Waals surface area contributed by atoms with E-state index in [1.807, 2.05) is 92.6 Å². The van der Waals surface area contributed by atoms with Crippen LogP contribution in [0.25, 0.3) is 10.9 Å². The Morgan fingerprint density at radius 2 is 1.73 bits per heavy atom. The molecule has 2 N–H and O–H groups in total. The van der Waals surface area contributed by atoms with Gasteiger partial charge in [-0.15, -0.1) is 11.8 Å². The fraction of sp³-hybridized carbons (Fsp3) is 0.400. The van der Waals surface area contributed by atoms with Crippen molar-refractivity contribution >= 4 is 51.8 Å². The van der Waals surface area contributed by atoms with Crippen LogP contribution in [0.15, 0.2) is 77.7 Å². The fourth-order valence-corrected chi connectivity index (χ4v) is 6.94. The van der Waals surface area contributed by atoms with E-state index >= 15 is 0 Å². The molecule has 0 bridgehead atoms. The Kier molecular flexibility index (Phi) is 11.4. The molecule has 1 saturated carbocycles. The van der Waals surface area contributed by atoms with E-state index in [-0.39, 0.29) is 11.0 Å². The first-order chi connectivity index (χ1) is 21.4. The average molecular weight is 632 g/mol. The van der Waals surface area contributed by atoms with Gasteiger partial charge in [-0.05, 0) is 106 Å². The van der Waals surface area contributed by atoms with E-state index in [4.69, 9.17) is 26.3 Å². The normalized spacial score (nSPS) is 17.3. The molecule has 0 saturated heterocycles. The quantitative estimate of drug-likeness (QED) is 0.108. The third kappa shape index (κ3) is 8.87. The lowest BCUT2D eigenvalue weighted by Gasteiger charge is -2.30. The number of para-hydroxylation sites is 1. The summed E-state index contributed by atoms with van der Waals surface area (Å²) in [5.74, 6) is 3.16. The number of fused-ring (bicyclic) bond motifs is 1. The number of carbonyl (C=O) groups is 1. The van der Waals surface area contributed by atoms with Crippen molar-refractivity contribution in [2.75, 3.05) is 44.0 Å². The lowest BCUT2D eigenvalue weighted by molar-refractivity contribution is 0.0981. The minimum atomic E-state index is 0.101. The third-order valence-electron chi connectivity index (χ3n) is 8.01. The number of ketones is 1. The number of Topliss-reactive ketones (excluding diaryl/α,β-unsaturated/α-hetero) is 1. The molecular weight excluding hydrogens is 590 g/mol. The number of carbonyl (C=O) groups excluding carboxylic acids is 1. The second-order valence-electron chi connectivity index (χ2n) is 11.6. The number of hydrogen-bond acceptors (Lipinski definition) is 8. The molecule has 0 aliphatic heterocycles. The SMILES string of the molecule is CCOc1ccc(C(=O)CC(CNCC2CCC(Nc3nc(N(C)C)c4ccccc4n3)CC2)Sc2ccc(Cl)cc2)cc1. The van der Waals surface area contributed by atoms with Crippen molar-refractivity contribution in [3.63, 3.8) is 0 Å². The molecule has 4 aromatic rings. The highest BCUT2D eigenvalue weighted by Crippen LogP contribution is 2.30. The van der Waals surface area contributed by atoms with Crippen LogP contribution in [-0.2, 0) is 0 Å². The topological polar surface area (TPSA) is 79.4 Å². The van der Waals surface area contributed by atoms with E-state index in [0.29, 0.717) is 41.5 Å². The van der Waals surface area contributed by atoms with Crippen molar-refractivity contribution in [1.29, 1.82) is 0 Å². The molecular formula is C35H42ClN5O2S. The average Bonchev–Trinajstić information content (AvgIpc) is 3.03. The molecule has 44 heavy (non-hydrogen) atoms. The third-order valence-corrected chi connectivity index (χ3v) is 9.47. The maximum absolute atomic E-state index is 13.2. The lowest BCUT2D eigenvalue weighted by atomic mass is 9.86. The van der Waals surface area contributed by atoms with Crippen LogP contribution in [0, 0.1) is 5.92 Å². The molecule has 9 heteroatoms. The molecule has 1 heterocycles. The number of anilines is 2. The number of ether oxygens (including phenoxy) is 1. The van der Waals surface area contributed by atoms with Crippen LogP contribution in [0.3, 0.4) is 0 Å². The van der Waals surface area contributed by atoms with Gasteiger partial charge in [0.15, 0.2) is 5.78 Å². The molecule has 1 unspecified atom stereocenters. The molecule has 5 rings (SSSR count). The van der Waals surface area contributed by atoms with Gasteiger partial charge in [0, 0.05) is 59.2 Å². The number of halogens is 1. The minimum Gasteiger partial charge on any atom is -0.494 e. The monoisotopic (exact) mass is 631 g/mol. The van der Waals surface area contributed by atoms with Gasteiger partial charge in [-0.1, -0.05) is 23.7 Å². The highest BCUT2D eigenvalue weighted by Gasteiger charge is 2.23. The van der Waals surface area contributed by atoms with Gasteiger partial charge in [0.2, 0.25) is 5.95 Å². The maximum atomic E-state index is 13.2. The predicted molar refractivity (Wildman–Crippen MR) is 184 cm³/mol. The largest absolute Gasteiger partial charge is 0.494 e. The summed E-state index contributed by atoms with van der Waals surface area (Å²) < 4.78 is 5.54. The summed E-state index contributed by atoms with van der Waals surface area (Å²) in [4.78, 5) is 26.0. The Bertz CT molecular complexity index is 1510. The van der Waals surface area contributed by atoms with Gasteiger partial charge >= 0.3 is 0 Å². The number of rotatable bonds is 14. The summed E-state index contributed by atoms with van der Waals surface area (Å²) in [7, 11) is 4.04. The first-order valence-electron chi connectivity index (χ1n) is 15.5. The number of aromatic nitrogens is 2. The molecule has 1 atom stereocenters. The highest BCUT2D eigenvalue weighted by molar-refractivity contribution is 8.00. The molecule has 1 aliphatic rings. The van der Waals surface area contributed by atoms with Gasteiger partial charge in [-0.2, -0.15) is 4.98 Å². The number of hydrogen-bond donors (Lipinski definition) is 2. The van der Waals surface area contributed by atoms with E-state index < -0.39 is 0 Å². The Morgan fingerprint density at radius 3 is 2.43 bits per heavy atom. The van der Waals surface area contributed by atoms with E-state index in [9.17, 15) is 4.79 Å². The summed E-state index contributed by atoms with van der Waals surface area (Å²) in [5, 5.41) is 9.19. The van der Waals surface area contributed by atoms with Crippen molar-refractivity contribution in [2.45, 2.75) is 55.2 Å². The lowest BCUT2D eigenvalue weighted by Crippen LogP contribution is -2.34. The maximum Gasteiger partial charge on any atom is 0.225 e.